The molecule has 6 nitrogen and oxygen atoms in total. The van der Waals surface area contributed by atoms with Crippen LogP contribution in [0.15, 0.2) is 34.9 Å². The molecule has 1 amide bonds. The summed E-state index contributed by atoms with van der Waals surface area (Å²) in [5.74, 6) is -3.24. The first-order chi connectivity index (χ1) is 9.90. The molecule has 0 radical (unpaired) electrons. The third kappa shape index (κ3) is 3.19. The van der Waals surface area contributed by atoms with Crippen LogP contribution in [0, 0.1) is 21.7 Å². The van der Waals surface area contributed by atoms with Crippen molar-refractivity contribution in [2.24, 2.45) is 0 Å². The Morgan fingerprint density at radius 1 is 1.33 bits per heavy atom. The Hall–Kier alpha value is -2.42. The molecule has 0 fully saturated rings. The molecule has 0 spiro atoms. The van der Waals surface area contributed by atoms with Gasteiger partial charge in [0.1, 0.15) is 11.5 Å². The minimum absolute atomic E-state index is 0.0381. The maximum Gasteiger partial charge on any atom is 0.307 e. The smallest absolute Gasteiger partial charge is 0.307 e. The first-order valence-electron chi connectivity index (χ1n) is 5.45. The molecule has 9 heteroatoms. The Labute approximate surface area is 125 Å². The molecule has 0 saturated heterocycles. The Kier molecular flexibility index (Phi) is 4.22. The molecule has 1 heterocycles. The molecule has 1 aromatic carbocycles. The van der Waals surface area contributed by atoms with E-state index in [2.05, 4.69) is 26.2 Å². The van der Waals surface area contributed by atoms with Gasteiger partial charge in [-0.1, -0.05) is 0 Å². The summed E-state index contributed by atoms with van der Waals surface area (Å²) in [5, 5.41) is 12.7. The highest BCUT2D eigenvalue weighted by molar-refractivity contribution is 9.10. The summed E-state index contributed by atoms with van der Waals surface area (Å²) < 4.78 is 27.1. The molecule has 21 heavy (non-hydrogen) atoms. The van der Waals surface area contributed by atoms with Gasteiger partial charge in [0.25, 0.3) is 5.91 Å². The quantitative estimate of drug-likeness (QED) is 0.674. The van der Waals surface area contributed by atoms with Gasteiger partial charge in [-0.15, -0.1) is 0 Å². The average Bonchev–Trinajstić information content (AvgIpc) is 2.41. The van der Waals surface area contributed by atoms with Crippen LogP contribution in [0.1, 0.15) is 10.5 Å². The second kappa shape index (κ2) is 5.92. The highest BCUT2D eigenvalue weighted by Gasteiger charge is 2.21. The van der Waals surface area contributed by atoms with Crippen LogP contribution in [-0.2, 0) is 0 Å². The summed E-state index contributed by atoms with van der Waals surface area (Å²) in [6, 6.07) is 4.07. The second-order valence-corrected chi connectivity index (χ2v) is 4.68. The molecule has 0 saturated carbocycles. The summed E-state index contributed by atoms with van der Waals surface area (Å²) in [7, 11) is 0. The van der Waals surface area contributed by atoms with E-state index in [1.54, 1.807) is 12.1 Å². The number of hydrogen-bond acceptors (Lipinski definition) is 4. The van der Waals surface area contributed by atoms with Crippen molar-refractivity contribution in [2.75, 3.05) is 5.32 Å². The zero-order valence-corrected chi connectivity index (χ0v) is 11.7. The van der Waals surface area contributed by atoms with Crippen LogP contribution in [0.25, 0.3) is 0 Å². The van der Waals surface area contributed by atoms with E-state index in [4.69, 9.17) is 0 Å². The summed E-state index contributed by atoms with van der Waals surface area (Å²) in [6.07, 6.45) is 1.35. The van der Waals surface area contributed by atoms with E-state index in [1.807, 2.05) is 0 Å². The van der Waals surface area contributed by atoms with E-state index >= 15 is 0 Å². The number of nitro benzene ring substituents is 1. The third-order valence-electron chi connectivity index (χ3n) is 2.45. The molecule has 1 aromatic heterocycles. The summed E-state index contributed by atoms with van der Waals surface area (Å²) in [4.78, 5) is 25.3. The van der Waals surface area contributed by atoms with Crippen molar-refractivity contribution >= 4 is 33.2 Å². The number of nitro groups is 1. The zero-order valence-electron chi connectivity index (χ0n) is 10.1. The number of pyridine rings is 1. The number of amides is 1. The van der Waals surface area contributed by atoms with Gasteiger partial charge in [0.05, 0.1) is 10.6 Å². The maximum absolute atomic E-state index is 13.6. The zero-order chi connectivity index (χ0) is 15.6. The van der Waals surface area contributed by atoms with E-state index in [1.165, 1.54) is 6.20 Å². The fourth-order valence-corrected chi connectivity index (χ4v) is 1.94. The van der Waals surface area contributed by atoms with E-state index in [0.717, 1.165) is 0 Å². The fourth-order valence-electron chi connectivity index (χ4n) is 1.51. The number of rotatable bonds is 3. The van der Waals surface area contributed by atoms with Crippen molar-refractivity contribution in [2.45, 2.75) is 0 Å². The number of nitrogens with zero attached hydrogens (tertiary/aromatic N) is 2. The number of aromatic nitrogens is 1. The van der Waals surface area contributed by atoms with Gasteiger partial charge in [-0.3, -0.25) is 14.9 Å². The number of anilines is 1. The monoisotopic (exact) mass is 357 g/mol. The van der Waals surface area contributed by atoms with Gasteiger partial charge in [0.2, 0.25) is 5.82 Å². The fraction of sp³-hybridized carbons (Fsp3) is 0. The van der Waals surface area contributed by atoms with Crippen LogP contribution in [0.4, 0.5) is 20.2 Å². The Balaban J connectivity index is 2.36. The SMILES string of the molecule is O=C(Nc1cc([N+](=O)[O-])c(F)cc1F)c1ncccc1Br. The van der Waals surface area contributed by atoms with Gasteiger partial charge in [0.15, 0.2) is 0 Å². The summed E-state index contributed by atoms with van der Waals surface area (Å²) in [6.45, 7) is 0. The Morgan fingerprint density at radius 3 is 2.67 bits per heavy atom. The molecule has 0 aliphatic heterocycles. The van der Waals surface area contributed by atoms with Gasteiger partial charge in [0, 0.05) is 22.8 Å². The first-order valence-corrected chi connectivity index (χ1v) is 6.24. The van der Waals surface area contributed by atoms with Crippen LogP contribution in [0.3, 0.4) is 0 Å². The number of carbonyl (C=O) groups excluding carboxylic acids is 1. The van der Waals surface area contributed by atoms with Gasteiger partial charge >= 0.3 is 5.69 Å². The predicted octanol–water partition coefficient (Wildman–Crippen LogP) is 3.28. The predicted molar refractivity (Wildman–Crippen MR) is 72.9 cm³/mol. The van der Waals surface area contributed by atoms with E-state index in [0.29, 0.717) is 16.6 Å². The van der Waals surface area contributed by atoms with Gasteiger partial charge in [-0.05, 0) is 28.1 Å². The Morgan fingerprint density at radius 2 is 2.05 bits per heavy atom. The third-order valence-corrected chi connectivity index (χ3v) is 3.09. The van der Waals surface area contributed by atoms with Crippen molar-refractivity contribution in [3.05, 3.63) is 62.4 Å². The number of carbonyl (C=O) groups is 1. The second-order valence-electron chi connectivity index (χ2n) is 3.83. The van der Waals surface area contributed by atoms with E-state index < -0.39 is 33.8 Å². The molecular weight excluding hydrogens is 352 g/mol. The molecule has 2 aromatic rings. The lowest BCUT2D eigenvalue weighted by molar-refractivity contribution is -0.387. The normalized spacial score (nSPS) is 10.2. The standard InChI is InChI=1S/C12H6BrF2N3O3/c13-6-2-1-3-16-11(6)12(19)17-9-5-10(18(20)21)8(15)4-7(9)14/h1-5H,(H,17,19). The molecule has 0 aliphatic carbocycles. The minimum Gasteiger partial charge on any atom is -0.318 e. The van der Waals surface area contributed by atoms with Crippen LogP contribution in [-0.4, -0.2) is 15.8 Å². The number of hydrogen-bond donors (Lipinski definition) is 1. The number of nitrogens with one attached hydrogen (secondary N) is 1. The maximum atomic E-state index is 13.6. The molecule has 0 aliphatic rings. The molecular formula is C12H6BrF2N3O3. The summed E-state index contributed by atoms with van der Waals surface area (Å²) in [5.41, 5.74) is -1.48. The van der Waals surface area contributed by atoms with E-state index in [9.17, 15) is 23.7 Å². The highest BCUT2D eigenvalue weighted by Crippen LogP contribution is 2.26. The van der Waals surface area contributed by atoms with Gasteiger partial charge < -0.3 is 5.32 Å². The minimum atomic E-state index is -1.32. The Bertz CT molecular complexity index is 740. The first kappa shape index (κ1) is 15.0. The van der Waals surface area contributed by atoms with Crippen molar-refractivity contribution in [3.8, 4) is 0 Å². The van der Waals surface area contributed by atoms with Crippen molar-refractivity contribution in [1.82, 2.24) is 4.98 Å². The van der Waals surface area contributed by atoms with Crippen molar-refractivity contribution < 1.29 is 18.5 Å². The highest BCUT2D eigenvalue weighted by atomic mass is 79.9. The largest absolute Gasteiger partial charge is 0.318 e. The lowest BCUT2D eigenvalue weighted by Crippen LogP contribution is -2.15. The van der Waals surface area contributed by atoms with Crippen LogP contribution < -0.4 is 5.32 Å². The molecule has 2 rings (SSSR count). The van der Waals surface area contributed by atoms with Crippen LogP contribution in [0.5, 0.6) is 0 Å². The van der Waals surface area contributed by atoms with Crippen LogP contribution >= 0.6 is 15.9 Å². The molecule has 0 unspecified atom stereocenters. The average molecular weight is 358 g/mol. The van der Waals surface area contributed by atoms with Gasteiger partial charge in [-0.2, -0.15) is 4.39 Å². The molecule has 1 N–H and O–H groups in total. The van der Waals surface area contributed by atoms with Crippen molar-refractivity contribution in [1.29, 1.82) is 0 Å². The van der Waals surface area contributed by atoms with E-state index in [-0.39, 0.29) is 5.69 Å². The molecule has 0 atom stereocenters. The van der Waals surface area contributed by atoms with Crippen molar-refractivity contribution in [3.63, 3.8) is 0 Å². The lowest BCUT2D eigenvalue weighted by Gasteiger charge is -2.07. The summed E-state index contributed by atoms with van der Waals surface area (Å²) >= 11 is 3.09. The molecule has 108 valence electrons. The topological polar surface area (TPSA) is 85.1 Å². The van der Waals surface area contributed by atoms with Crippen LogP contribution in [0.2, 0.25) is 0 Å². The number of benzene rings is 1. The molecule has 0 bridgehead atoms. The van der Waals surface area contributed by atoms with Gasteiger partial charge in [-0.25, -0.2) is 9.37 Å². The number of halogens is 3. The lowest BCUT2D eigenvalue weighted by atomic mass is 10.2.